The lowest BCUT2D eigenvalue weighted by atomic mass is 9.84. The van der Waals surface area contributed by atoms with Gasteiger partial charge in [0, 0.05) is 12.6 Å². The fourth-order valence-electron chi connectivity index (χ4n) is 3.88. The number of aromatic nitrogens is 1. The third-order valence-corrected chi connectivity index (χ3v) is 5.47. The second kappa shape index (κ2) is 9.18. The van der Waals surface area contributed by atoms with Crippen LogP contribution in [0.2, 0.25) is 0 Å². The maximum absolute atomic E-state index is 13.4. The molecule has 1 aliphatic rings. The second-order valence-corrected chi connectivity index (χ2v) is 7.83. The van der Waals surface area contributed by atoms with Crippen molar-refractivity contribution in [2.24, 2.45) is 5.92 Å². The van der Waals surface area contributed by atoms with Crippen LogP contribution in [0.25, 0.3) is 0 Å². The normalized spacial score (nSPS) is 20.4. The van der Waals surface area contributed by atoms with Crippen LogP contribution < -0.4 is 10.1 Å². The number of hydrogen-bond donors (Lipinski definition) is 1. The molecule has 28 heavy (non-hydrogen) atoms. The maximum atomic E-state index is 13.4. The van der Waals surface area contributed by atoms with E-state index < -0.39 is 0 Å². The fourth-order valence-corrected chi connectivity index (χ4v) is 3.88. The molecule has 0 radical (unpaired) electrons. The molecule has 4 nitrogen and oxygen atoms in total. The fraction of sp³-hybridized carbons (Fsp3) is 0.478. The number of aryl methyl sites for hydroxylation is 1. The average Bonchev–Trinajstić information content (AvgIpc) is 2.66. The van der Waals surface area contributed by atoms with Gasteiger partial charge in [0.25, 0.3) is 0 Å². The summed E-state index contributed by atoms with van der Waals surface area (Å²) in [7, 11) is 0. The zero-order valence-corrected chi connectivity index (χ0v) is 16.9. The number of carbonyl (C=O) groups excluding carboxylic acids is 1. The first-order chi connectivity index (χ1) is 13.4. The third-order valence-electron chi connectivity index (χ3n) is 5.47. The molecule has 2 aromatic rings. The molecular weight excluding hydrogens is 355 g/mol. The van der Waals surface area contributed by atoms with E-state index >= 15 is 0 Å². The number of ether oxygens (including phenoxy) is 1. The molecule has 1 amide bonds. The van der Waals surface area contributed by atoms with Crippen LogP contribution in [0.1, 0.15) is 62.5 Å². The SMILES string of the molecule is CC(=O)NC(C)c1ccc(OC2CCC(Cc3ccc(F)c(C)n3)CC2)cc1. The molecular formula is C23H29FN2O2. The molecule has 1 aromatic carbocycles. The summed E-state index contributed by atoms with van der Waals surface area (Å²) >= 11 is 0. The van der Waals surface area contributed by atoms with E-state index in [9.17, 15) is 9.18 Å². The van der Waals surface area contributed by atoms with Crippen molar-refractivity contribution in [3.05, 3.63) is 59.2 Å². The quantitative estimate of drug-likeness (QED) is 0.770. The van der Waals surface area contributed by atoms with Gasteiger partial charge in [-0.1, -0.05) is 12.1 Å². The van der Waals surface area contributed by atoms with Crippen LogP contribution >= 0.6 is 0 Å². The van der Waals surface area contributed by atoms with Gasteiger partial charge in [-0.3, -0.25) is 9.78 Å². The monoisotopic (exact) mass is 384 g/mol. The minimum atomic E-state index is -0.238. The van der Waals surface area contributed by atoms with Crippen LogP contribution in [0.4, 0.5) is 4.39 Å². The van der Waals surface area contributed by atoms with Gasteiger partial charge in [-0.2, -0.15) is 0 Å². The molecule has 1 atom stereocenters. The summed E-state index contributed by atoms with van der Waals surface area (Å²) < 4.78 is 19.5. The predicted molar refractivity (Wildman–Crippen MR) is 108 cm³/mol. The number of rotatable bonds is 6. The van der Waals surface area contributed by atoms with E-state index in [0.717, 1.165) is 49.1 Å². The molecule has 1 fully saturated rings. The van der Waals surface area contributed by atoms with E-state index in [4.69, 9.17) is 4.74 Å². The van der Waals surface area contributed by atoms with E-state index in [0.29, 0.717) is 11.6 Å². The smallest absolute Gasteiger partial charge is 0.217 e. The number of halogens is 1. The summed E-state index contributed by atoms with van der Waals surface area (Å²) in [6.45, 7) is 5.21. The molecule has 1 aromatic heterocycles. The summed E-state index contributed by atoms with van der Waals surface area (Å²) in [5.41, 5.74) is 2.52. The minimum Gasteiger partial charge on any atom is -0.490 e. The van der Waals surface area contributed by atoms with Crippen molar-refractivity contribution < 1.29 is 13.9 Å². The minimum absolute atomic E-state index is 0.00861. The first-order valence-electron chi connectivity index (χ1n) is 10.1. The van der Waals surface area contributed by atoms with Crippen molar-refractivity contribution in [2.45, 2.75) is 65.0 Å². The van der Waals surface area contributed by atoms with Crippen LogP contribution in [0.5, 0.6) is 5.75 Å². The van der Waals surface area contributed by atoms with Crippen LogP contribution in [-0.4, -0.2) is 17.0 Å². The number of nitrogens with zero attached hydrogens (tertiary/aromatic N) is 1. The van der Waals surface area contributed by atoms with Crippen LogP contribution in [0.15, 0.2) is 36.4 Å². The Morgan fingerprint density at radius 1 is 1.18 bits per heavy atom. The summed E-state index contributed by atoms with van der Waals surface area (Å²) in [5.74, 6) is 1.19. The molecule has 1 aliphatic carbocycles. The molecule has 150 valence electrons. The zero-order chi connectivity index (χ0) is 20.1. The Bertz CT molecular complexity index is 799. The molecule has 1 saturated carbocycles. The third kappa shape index (κ3) is 5.54. The zero-order valence-electron chi connectivity index (χ0n) is 16.9. The van der Waals surface area contributed by atoms with E-state index in [1.165, 1.54) is 13.0 Å². The number of benzene rings is 1. The summed E-state index contributed by atoms with van der Waals surface area (Å²) in [5, 5.41) is 2.89. The van der Waals surface area contributed by atoms with E-state index in [1.807, 2.05) is 31.2 Å². The lowest BCUT2D eigenvalue weighted by Gasteiger charge is -2.29. The van der Waals surface area contributed by atoms with Gasteiger partial charge in [-0.05, 0) is 81.7 Å². The molecule has 3 rings (SSSR count). The first-order valence-corrected chi connectivity index (χ1v) is 10.1. The topological polar surface area (TPSA) is 51.2 Å². The highest BCUT2D eigenvalue weighted by molar-refractivity contribution is 5.73. The molecule has 5 heteroatoms. The molecule has 1 unspecified atom stereocenters. The second-order valence-electron chi connectivity index (χ2n) is 7.83. The Balaban J connectivity index is 1.47. The number of pyridine rings is 1. The van der Waals surface area contributed by atoms with E-state index in [1.54, 1.807) is 13.0 Å². The molecule has 0 spiro atoms. The van der Waals surface area contributed by atoms with Crippen molar-refractivity contribution in [3.8, 4) is 5.75 Å². The lowest BCUT2D eigenvalue weighted by molar-refractivity contribution is -0.119. The first kappa shape index (κ1) is 20.3. The number of hydrogen-bond acceptors (Lipinski definition) is 3. The van der Waals surface area contributed by atoms with Gasteiger partial charge in [0.2, 0.25) is 5.91 Å². The van der Waals surface area contributed by atoms with Crippen molar-refractivity contribution in [3.63, 3.8) is 0 Å². The van der Waals surface area contributed by atoms with Gasteiger partial charge < -0.3 is 10.1 Å². The van der Waals surface area contributed by atoms with Gasteiger partial charge in [0.1, 0.15) is 11.6 Å². The van der Waals surface area contributed by atoms with Crippen LogP contribution in [-0.2, 0) is 11.2 Å². The Hall–Kier alpha value is -2.43. The summed E-state index contributed by atoms with van der Waals surface area (Å²) in [6, 6.07) is 11.3. The molecule has 1 N–H and O–H groups in total. The average molecular weight is 384 g/mol. The molecule has 0 saturated heterocycles. The highest BCUT2D eigenvalue weighted by atomic mass is 19.1. The number of carbonyl (C=O) groups is 1. The molecule has 0 aliphatic heterocycles. The summed E-state index contributed by atoms with van der Waals surface area (Å²) in [4.78, 5) is 15.5. The van der Waals surface area contributed by atoms with Crippen molar-refractivity contribution >= 4 is 5.91 Å². The Morgan fingerprint density at radius 2 is 1.86 bits per heavy atom. The highest BCUT2D eigenvalue weighted by Crippen LogP contribution is 2.30. The number of amides is 1. The highest BCUT2D eigenvalue weighted by Gasteiger charge is 2.23. The van der Waals surface area contributed by atoms with Gasteiger partial charge in [0.05, 0.1) is 17.8 Å². The molecule has 0 bridgehead atoms. The maximum Gasteiger partial charge on any atom is 0.217 e. The Labute approximate surface area is 166 Å². The lowest BCUT2D eigenvalue weighted by Crippen LogP contribution is -2.25. The van der Waals surface area contributed by atoms with Gasteiger partial charge in [-0.15, -0.1) is 0 Å². The van der Waals surface area contributed by atoms with Crippen molar-refractivity contribution in [1.29, 1.82) is 0 Å². The van der Waals surface area contributed by atoms with E-state index in [-0.39, 0.29) is 23.9 Å². The molecule has 1 heterocycles. The standard InChI is InChI=1S/C23H29FN2O2/c1-15(25-17(3)27)19-6-11-22(12-7-19)28-21-9-4-18(5-10-21)14-20-8-13-23(24)16(2)26-20/h6-8,11-13,15,18,21H,4-5,9-10,14H2,1-3H3,(H,25,27). The Kier molecular flexibility index (Phi) is 6.65. The van der Waals surface area contributed by atoms with Gasteiger partial charge >= 0.3 is 0 Å². The van der Waals surface area contributed by atoms with Crippen molar-refractivity contribution in [1.82, 2.24) is 10.3 Å². The van der Waals surface area contributed by atoms with Crippen LogP contribution in [0.3, 0.4) is 0 Å². The van der Waals surface area contributed by atoms with Gasteiger partial charge in [0.15, 0.2) is 0 Å². The predicted octanol–water partition coefficient (Wildman–Crippen LogP) is 4.91. The van der Waals surface area contributed by atoms with Crippen LogP contribution in [0, 0.1) is 18.7 Å². The van der Waals surface area contributed by atoms with Gasteiger partial charge in [-0.25, -0.2) is 4.39 Å². The van der Waals surface area contributed by atoms with Crippen molar-refractivity contribution in [2.75, 3.05) is 0 Å². The van der Waals surface area contributed by atoms with E-state index in [2.05, 4.69) is 10.3 Å². The summed E-state index contributed by atoms with van der Waals surface area (Å²) in [6.07, 6.45) is 5.38. The Morgan fingerprint density at radius 3 is 2.46 bits per heavy atom. The number of nitrogens with one attached hydrogen (secondary N) is 1. The largest absolute Gasteiger partial charge is 0.490 e.